The predicted octanol–water partition coefficient (Wildman–Crippen LogP) is 3.44. The number of aliphatic imine (C=N–C) groups is 1. The molecule has 0 aliphatic rings. The van der Waals surface area contributed by atoms with Gasteiger partial charge < -0.3 is 15.2 Å². The summed E-state index contributed by atoms with van der Waals surface area (Å²) in [5.41, 5.74) is 1.20. The van der Waals surface area contributed by atoms with Crippen LogP contribution in [0.15, 0.2) is 39.8 Å². The van der Waals surface area contributed by atoms with E-state index in [1.807, 2.05) is 26.8 Å². The minimum absolute atomic E-state index is 0.149. The van der Waals surface area contributed by atoms with E-state index < -0.39 is 0 Å². The van der Waals surface area contributed by atoms with Crippen LogP contribution in [-0.2, 0) is 18.4 Å². The summed E-state index contributed by atoms with van der Waals surface area (Å²) in [6, 6.07) is 10.8. The second-order valence-electron chi connectivity index (χ2n) is 7.53. The molecule has 2 rings (SSSR count). The van der Waals surface area contributed by atoms with Crippen LogP contribution in [0.4, 0.5) is 0 Å². The first-order valence-electron chi connectivity index (χ1n) is 9.30. The van der Waals surface area contributed by atoms with Crippen molar-refractivity contribution >= 4 is 5.96 Å². The van der Waals surface area contributed by atoms with E-state index in [4.69, 9.17) is 4.52 Å². The van der Waals surface area contributed by atoms with Crippen LogP contribution in [0, 0.1) is 0 Å². The van der Waals surface area contributed by atoms with Crippen LogP contribution in [0.1, 0.15) is 58.3 Å². The molecule has 26 heavy (non-hydrogen) atoms. The van der Waals surface area contributed by atoms with E-state index in [0.29, 0.717) is 24.3 Å². The summed E-state index contributed by atoms with van der Waals surface area (Å²) in [5.74, 6) is 2.01. The number of nitrogens with one attached hydrogen (secondary N) is 2. The Bertz CT molecular complexity index is 688. The standard InChI is InChI=1S/C20H31N5O/c1-6-21-19(22-14-17-24-18(26-25-17)20(3,4)5)23-15(2)12-13-16-10-8-7-9-11-16/h7-11,15H,6,12-14H2,1-5H3,(H2,21,22,23). The van der Waals surface area contributed by atoms with Crippen LogP contribution in [0.2, 0.25) is 0 Å². The van der Waals surface area contributed by atoms with Crippen LogP contribution in [-0.4, -0.2) is 28.7 Å². The average molecular weight is 358 g/mol. The number of nitrogens with zero attached hydrogens (tertiary/aromatic N) is 3. The zero-order valence-electron chi connectivity index (χ0n) is 16.5. The van der Waals surface area contributed by atoms with Gasteiger partial charge in [-0.3, -0.25) is 0 Å². The first kappa shape index (κ1) is 19.9. The van der Waals surface area contributed by atoms with Gasteiger partial charge in [0.25, 0.3) is 0 Å². The molecule has 1 atom stereocenters. The monoisotopic (exact) mass is 357 g/mol. The molecule has 0 amide bonds. The molecule has 0 aliphatic heterocycles. The van der Waals surface area contributed by atoms with E-state index in [2.05, 4.69) is 63.9 Å². The molecule has 142 valence electrons. The quantitative estimate of drug-likeness (QED) is 0.586. The van der Waals surface area contributed by atoms with Crippen molar-refractivity contribution in [1.82, 2.24) is 20.8 Å². The van der Waals surface area contributed by atoms with Crippen molar-refractivity contribution in [3.8, 4) is 0 Å². The van der Waals surface area contributed by atoms with Crippen LogP contribution in [0.5, 0.6) is 0 Å². The molecule has 2 N–H and O–H groups in total. The van der Waals surface area contributed by atoms with Gasteiger partial charge in [-0.05, 0) is 32.3 Å². The van der Waals surface area contributed by atoms with Crippen molar-refractivity contribution in [2.75, 3.05) is 6.54 Å². The molecule has 6 heteroatoms. The fourth-order valence-corrected chi connectivity index (χ4v) is 2.43. The number of rotatable bonds is 7. The highest BCUT2D eigenvalue weighted by Crippen LogP contribution is 2.19. The Morgan fingerprint density at radius 3 is 2.58 bits per heavy atom. The maximum absolute atomic E-state index is 5.32. The Morgan fingerprint density at radius 1 is 1.23 bits per heavy atom. The lowest BCUT2D eigenvalue weighted by Gasteiger charge is -2.17. The second kappa shape index (κ2) is 9.36. The van der Waals surface area contributed by atoms with Crippen LogP contribution < -0.4 is 10.6 Å². The summed E-state index contributed by atoms with van der Waals surface area (Å²) in [6.07, 6.45) is 2.07. The largest absolute Gasteiger partial charge is 0.357 e. The first-order valence-corrected chi connectivity index (χ1v) is 9.30. The third kappa shape index (κ3) is 6.50. The van der Waals surface area contributed by atoms with Gasteiger partial charge in [0.15, 0.2) is 11.8 Å². The molecular formula is C20H31N5O. The van der Waals surface area contributed by atoms with Crippen molar-refractivity contribution in [2.24, 2.45) is 4.99 Å². The smallest absolute Gasteiger partial charge is 0.232 e. The van der Waals surface area contributed by atoms with Crippen molar-refractivity contribution in [3.05, 3.63) is 47.6 Å². The van der Waals surface area contributed by atoms with Crippen molar-refractivity contribution in [3.63, 3.8) is 0 Å². The zero-order valence-corrected chi connectivity index (χ0v) is 16.5. The lowest BCUT2D eigenvalue weighted by molar-refractivity contribution is 0.318. The predicted molar refractivity (Wildman–Crippen MR) is 105 cm³/mol. The van der Waals surface area contributed by atoms with Crippen molar-refractivity contribution in [2.45, 2.75) is 65.5 Å². The minimum atomic E-state index is -0.149. The normalized spacial score (nSPS) is 13.5. The number of benzene rings is 1. The maximum Gasteiger partial charge on any atom is 0.232 e. The van der Waals surface area contributed by atoms with Crippen LogP contribution >= 0.6 is 0 Å². The topological polar surface area (TPSA) is 75.3 Å². The van der Waals surface area contributed by atoms with E-state index in [0.717, 1.165) is 25.3 Å². The number of hydrogen-bond donors (Lipinski definition) is 2. The molecule has 0 spiro atoms. The Balaban J connectivity index is 1.90. The molecule has 0 radical (unpaired) electrons. The molecule has 0 fully saturated rings. The first-order chi connectivity index (χ1) is 12.4. The molecule has 2 aromatic rings. The Kier molecular flexibility index (Phi) is 7.18. The highest BCUT2D eigenvalue weighted by Gasteiger charge is 2.21. The summed E-state index contributed by atoms with van der Waals surface area (Å²) in [7, 11) is 0. The number of aryl methyl sites for hydroxylation is 1. The van der Waals surface area contributed by atoms with Crippen molar-refractivity contribution in [1.29, 1.82) is 0 Å². The van der Waals surface area contributed by atoms with Crippen molar-refractivity contribution < 1.29 is 4.52 Å². The average Bonchev–Trinajstić information content (AvgIpc) is 3.08. The van der Waals surface area contributed by atoms with Gasteiger partial charge in [0, 0.05) is 18.0 Å². The van der Waals surface area contributed by atoms with E-state index >= 15 is 0 Å². The molecule has 0 saturated carbocycles. The highest BCUT2D eigenvalue weighted by atomic mass is 16.5. The molecule has 1 aromatic heterocycles. The Morgan fingerprint density at radius 2 is 1.96 bits per heavy atom. The summed E-state index contributed by atoms with van der Waals surface area (Å²) >= 11 is 0. The fourth-order valence-electron chi connectivity index (χ4n) is 2.43. The summed E-state index contributed by atoms with van der Waals surface area (Å²) in [5, 5.41) is 10.7. The Hall–Kier alpha value is -2.37. The van der Waals surface area contributed by atoms with Gasteiger partial charge in [-0.25, -0.2) is 4.99 Å². The van der Waals surface area contributed by atoms with Gasteiger partial charge >= 0.3 is 0 Å². The third-order valence-corrected chi connectivity index (χ3v) is 3.92. The fraction of sp³-hybridized carbons (Fsp3) is 0.550. The van der Waals surface area contributed by atoms with E-state index in [1.165, 1.54) is 5.56 Å². The molecule has 1 aromatic carbocycles. The number of hydrogen-bond acceptors (Lipinski definition) is 4. The summed E-state index contributed by atoms with van der Waals surface area (Å²) in [4.78, 5) is 9.01. The van der Waals surface area contributed by atoms with Gasteiger partial charge in [-0.2, -0.15) is 4.98 Å². The van der Waals surface area contributed by atoms with Crippen LogP contribution in [0.3, 0.4) is 0 Å². The lowest BCUT2D eigenvalue weighted by atomic mass is 9.97. The lowest BCUT2D eigenvalue weighted by Crippen LogP contribution is -2.42. The SMILES string of the molecule is CCNC(=NCc1noc(C(C)(C)C)n1)NC(C)CCc1ccccc1. The molecule has 6 nitrogen and oxygen atoms in total. The third-order valence-electron chi connectivity index (χ3n) is 3.92. The maximum atomic E-state index is 5.32. The van der Waals surface area contributed by atoms with Gasteiger partial charge in [-0.1, -0.05) is 56.3 Å². The second-order valence-corrected chi connectivity index (χ2v) is 7.53. The highest BCUT2D eigenvalue weighted by molar-refractivity contribution is 5.79. The minimum Gasteiger partial charge on any atom is -0.357 e. The number of guanidine groups is 1. The van der Waals surface area contributed by atoms with Gasteiger partial charge in [0.2, 0.25) is 5.89 Å². The van der Waals surface area contributed by atoms with Crippen LogP contribution in [0.25, 0.3) is 0 Å². The van der Waals surface area contributed by atoms with E-state index in [1.54, 1.807) is 0 Å². The molecule has 0 aliphatic carbocycles. The molecule has 0 bridgehead atoms. The van der Waals surface area contributed by atoms with Gasteiger partial charge in [-0.15, -0.1) is 0 Å². The summed E-state index contributed by atoms with van der Waals surface area (Å²) < 4.78 is 5.32. The molecule has 1 heterocycles. The molecular weight excluding hydrogens is 326 g/mol. The summed E-state index contributed by atoms with van der Waals surface area (Å²) in [6.45, 7) is 11.6. The van der Waals surface area contributed by atoms with Gasteiger partial charge in [0.1, 0.15) is 6.54 Å². The van der Waals surface area contributed by atoms with Gasteiger partial charge in [0.05, 0.1) is 0 Å². The molecule has 1 unspecified atom stereocenters. The Labute approximate surface area is 156 Å². The van der Waals surface area contributed by atoms with E-state index in [9.17, 15) is 0 Å². The zero-order chi connectivity index (χ0) is 19.0. The van der Waals surface area contributed by atoms with E-state index in [-0.39, 0.29) is 5.41 Å². The number of aromatic nitrogens is 2. The molecule has 0 saturated heterocycles.